The zero-order chi connectivity index (χ0) is 30.0. The number of aromatic amines is 2. The molecule has 0 unspecified atom stereocenters. The number of sulfonamides is 1. The molecule has 0 aliphatic carbocycles. The van der Waals surface area contributed by atoms with Crippen LogP contribution in [-0.2, 0) is 23.1 Å². The van der Waals surface area contributed by atoms with Crippen LogP contribution < -0.4 is 4.72 Å². The lowest BCUT2D eigenvalue weighted by Crippen LogP contribution is -2.21. The summed E-state index contributed by atoms with van der Waals surface area (Å²) < 4.78 is 26.9. The fraction of sp³-hybridized carbons (Fsp3) is 0.200. The smallest absolute Gasteiger partial charge is 0.209 e. The van der Waals surface area contributed by atoms with Gasteiger partial charge in [0, 0.05) is 52.0 Å². The molecule has 0 fully saturated rings. The minimum atomic E-state index is -3.32. The van der Waals surface area contributed by atoms with Crippen molar-refractivity contribution in [2.45, 2.75) is 20.0 Å². The summed E-state index contributed by atoms with van der Waals surface area (Å²) in [7, 11) is 0.734. The highest BCUT2D eigenvalue weighted by Crippen LogP contribution is 2.33. The highest BCUT2D eigenvalue weighted by molar-refractivity contribution is 14.1. The van der Waals surface area contributed by atoms with Crippen LogP contribution in [0.25, 0.3) is 45.3 Å². The van der Waals surface area contributed by atoms with E-state index in [-0.39, 0.29) is 6.54 Å². The first-order valence-electron chi connectivity index (χ1n) is 13.1. The zero-order valence-electron chi connectivity index (χ0n) is 23.7. The Morgan fingerprint density at radius 3 is 2.60 bits per heavy atom. The molecule has 0 spiro atoms. The molecule has 1 aromatic carbocycles. The van der Waals surface area contributed by atoms with Gasteiger partial charge in [-0.1, -0.05) is 12.7 Å². The van der Waals surface area contributed by atoms with E-state index in [9.17, 15) is 8.42 Å². The topological polar surface area (TPSA) is 133 Å². The molecule has 0 saturated heterocycles. The highest BCUT2D eigenvalue weighted by atomic mass is 127. The van der Waals surface area contributed by atoms with Crippen LogP contribution in [0.5, 0.6) is 0 Å². The lowest BCUT2D eigenvalue weighted by Gasteiger charge is -2.10. The van der Waals surface area contributed by atoms with Crippen LogP contribution in [0.15, 0.2) is 61.6 Å². The minimum absolute atomic E-state index is 0.197. The normalized spacial score (nSPS) is 12.4. The highest BCUT2D eigenvalue weighted by Gasteiger charge is 2.19. The average Bonchev–Trinajstić information content (AvgIpc) is 3.55. The van der Waals surface area contributed by atoms with E-state index >= 15 is 0 Å². The van der Waals surface area contributed by atoms with E-state index in [1.54, 1.807) is 12.3 Å². The molecule has 0 bridgehead atoms. The van der Waals surface area contributed by atoms with Crippen LogP contribution in [-0.4, -0.2) is 63.8 Å². The fourth-order valence-corrected chi connectivity index (χ4v) is 5.92. The predicted molar refractivity (Wildman–Crippen MR) is 176 cm³/mol. The van der Waals surface area contributed by atoms with Gasteiger partial charge in [0.05, 0.1) is 23.0 Å². The maximum atomic E-state index is 11.7. The van der Waals surface area contributed by atoms with Gasteiger partial charge in [0.15, 0.2) is 11.5 Å². The predicted octanol–water partition coefficient (Wildman–Crippen LogP) is 5.22. The Bertz CT molecular complexity index is 1920. The molecule has 3 N–H and O–H groups in total. The molecule has 5 rings (SSSR count). The number of benzene rings is 1. The lowest BCUT2D eigenvalue weighted by atomic mass is 9.99. The third kappa shape index (κ3) is 6.67. The number of hydrogen-bond acceptors (Lipinski definition) is 7. The molecular weight excluding hydrogens is 663 g/mol. The van der Waals surface area contributed by atoms with Crippen molar-refractivity contribution < 1.29 is 8.42 Å². The second-order valence-electron chi connectivity index (χ2n) is 10.2. The van der Waals surface area contributed by atoms with Gasteiger partial charge in [-0.3, -0.25) is 10.1 Å². The first-order chi connectivity index (χ1) is 20.0. The summed E-state index contributed by atoms with van der Waals surface area (Å²) in [6.07, 6.45) is 10.4. The molecule has 4 aromatic heterocycles. The summed E-state index contributed by atoms with van der Waals surface area (Å²) in [6.45, 7) is 6.94. The molecular formula is C30H31IN8O2S. The van der Waals surface area contributed by atoms with Crippen molar-refractivity contribution >= 4 is 55.3 Å². The number of nitrogens with one attached hydrogen (secondary N) is 3. The molecule has 0 atom stereocenters. The summed E-state index contributed by atoms with van der Waals surface area (Å²) in [5, 5.41) is 8.36. The zero-order valence-corrected chi connectivity index (χ0v) is 26.7. The number of halogens is 1. The maximum absolute atomic E-state index is 11.7. The van der Waals surface area contributed by atoms with Crippen molar-refractivity contribution in [3.05, 3.63) is 93.2 Å². The Hall–Kier alpha value is -3.72. The van der Waals surface area contributed by atoms with Crippen molar-refractivity contribution in [2.75, 3.05) is 20.4 Å². The first-order valence-corrected chi connectivity index (χ1v) is 16.1. The number of imidazole rings is 1. The Morgan fingerprint density at radius 1 is 1.10 bits per heavy atom. The van der Waals surface area contributed by atoms with Crippen molar-refractivity contribution in [1.82, 2.24) is 39.8 Å². The van der Waals surface area contributed by atoms with E-state index in [4.69, 9.17) is 4.98 Å². The molecule has 5 aromatic rings. The second kappa shape index (κ2) is 12.3. The fourth-order valence-electron chi connectivity index (χ4n) is 4.76. The van der Waals surface area contributed by atoms with Crippen LogP contribution in [0.4, 0.5) is 0 Å². The number of pyridine rings is 2. The quantitative estimate of drug-likeness (QED) is 0.171. The Kier molecular flexibility index (Phi) is 8.68. The number of hydrogen-bond donors (Lipinski definition) is 3. The van der Waals surface area contributed by atoms with Gasteiger partial charge < -0.3 is 9.88 Å². The molecule has 0 saturated carbocycles. The molecule has 0 amide bonds. The SMILES string of the molecule is C=Cc1[nH]c(-c2[nH]nc3ncc(-c4cncc(CN(C)C)c4)cc23)nc1/C(=C\C)c1cc(I)cc(CNS(C)(=O)=O)c1. The van der Waals surface area contributed by atoms with Crippen LogP contribution in [0.3, 0.4) is 0 Å². The molecule has 0 aliphatic rings. The van der Waals surface area contributed by atoms with Gasteiger partial charge >= 0.3 is 0 Å². The van der Waals surface area contributed by atoms with E-state index in [2.05, 4.69) is 70.0 Å². The van der Waals surface area contributed by atoms with E-state index in [0.29, 0.717) is 17.2 Å². The van der Waals surface area contributed by atoms with Crippen LogP contribution >= 0.6 is 22.6 Å². The molecule has 4 heterocycles. The van der Waals surface area contributed by atoms with Crippen molar-refractivity contribution in [3.63, 3.8) is 0 Å². The summed E-state index contributed by atoms with van der Waals surface area (Å²) in [6, 6.07) is 10.1. The standard InChI is InChI=1S/C30H31IN8O2S/c1-6-24(20-8-18(10-23(31)11-20)14-34-42(5,40)41)27-26(7-2)35-30(36-27)28-25-12-22(16-33-29(25)38-37-28)21-9-19(13-32-15-21)17-39(3)4/h6-13,15-16,34H,2,14,17H2,1,3-5H3,(H,35,36)(H,33,37,38)/b24-6-. The Labute approximate surface area is 258 Å². The van der Waals surface area contributed by atoms with Gasteiger partial charge in [0.25, 0.3) is 0 Å². The number of nitrogens with zero attached hydrogens (tertiary/aromatic N) is 5. The van der Waals surface area contributed by atoms with Gasteiger partial charge in [-0.15, -0.1) is 0 Å². The molecule has 10 nitrogen and oxygen atoms in total. The number of aromatic nitrogens is 6. The molecule has 42 heavy (non-hydrogen) atoms. The average molecular weight is 695 g/mol. The summed E-state index contributed by atoms with van der Waals surface area (Å²) in [5.41, 5.74) is 8.42. The van der Waals surface area contributed by atoms with E-state index in [1.807, 2.05) is 63.8 Å². The number of H-pyrrole nitrogens is 2. The van der Waals surface area contributed by atoms with E-state index in [0.717, 1.165) is 66.5 Å². The number of fused-ring (bicyclic) bond motifs is 1. The number of allylic oxidation sites excluding steroid dienone is 1. The number of rotatable bonds is 10. The Morgan fingerprint density at radius 2 is 1.88 bits per heavy atom. The van der Waals surface area contributed by atoms with Crippen LogP contribution in [0, 0.1) is 3.57 Å². The maximum Gasteiger partial charge on any atom is 0.209 e. The summed E-state index contributed by atoms with van der Waals surface area (Å²) >= 11 is 2.24. The van der Waals surface area contributed by atoms with Crippen LogP contribution in [0.2, 0.25) is 0 Å². The van der Waals surface area contributed by atoms with Crippen molar-refractivity contribution in [3.8, 4) is 22.6 Å². The van der Waals surface area contributed by atoms with Gasteiger partial charge in [-0.2, -0.15) is 5.10 Å². The van der Waals surface area contributed by atoms with Crippen molar-refractivity contribution in [2.24, 2.45) is 0 Å². The van der Waals surface area contributed by atoms with E-state index in [1.165, 1.54) is 0 Å². The van der Waals surface area contributed by atoms with Crippen molar-refractivity contribution in [1.29, 1.82) is 0 Å². The third-order valence-electron chi connectivity index (χ3n) is 6.56. The monoisotopic (exact) mass is 694 g/mol. The van der Waals surface area contributed by atoms with Crippen LogP contribution in [0.1, 0.15) is 35.0 Å². The minimum Gasteiger partial charge on any atom is -0.337 e. The lowest BCUT2D eigenvalue weighted by molar-refractivity contribution is 0.402. The first kappa shape index (κ1) is 29.8. The molecule has 0 radical (unpaired) electrons. The van der Waals surface area contributed by atoms with Gasteiger partial charge in [0.2, 0.25) is 10.0 Å². The molecule has 216 valence electrons. The van der Waals surface area contributed by atoms with E-state index < -0.39 is 10.0 Å². The largest absolute Gasteiger partial charge is 0.337 e. The van der Waals surface area contributed by atoms with Gasteiger partial charge in [0.1, 0.15) is 5.69 Å². The van der Waals surface area contributed by atoms with Gasteiger partial charge in [-0.25, -0.2) is 23.1 Å². The third-order valence-corrected chi connectivity index (χ3v) is 7.85. The summed E-state index contributed by atoms with van der Waals surface area (Å²) in [4.78, 5) is 19.5. The second-order valence-corrected chi connectivity index (χ2v) is 13.3. The molecule has 12 heteroatoms. The molecule has 0 aliphatic heterocycles. The Balaban J connectivity index is 1.54. The van der Waals surface area contributed by atoms with Gasteiger partial charge in [-0.05, 0) is 96.7 Å². The summed E-state index contributed by atoms with van der Waals surface area (Å²) in [5.74, 6) is 0.602.